The van der Waals surface area contributed by atoms with Gasteiger partial charge in [-0.25, -0.2) is 0 Å². The van der Waals surface area contributed by atoms with E-state index < -0.39 is 17.9 Å². The van der Waals surface area contributed by atoms with Gasteiger partial charge < -0.3 is 20.6 Å². The molecule has 0 aromatic heterocycles. The number of hydrogen-bond donors (Lipinski definition) is 4. The molecule has 0 atom stereocenters. The van der Waals surface area contributed by atoms with Gasteiger partial charge in [-0.2, -0.15) is 0 Å². The van der Waals surface area contributed by atoms with Gasteiger partial charge in [0.2, 0.25) is 5.91 Å². The highest BCUT2D eigenvalue weighted by Crippen LogP contribution is 2.09. The minimum Gasteiger partial charge on any atom is -0.480 e. The number of aliphatic carboxylic acids is 3. The molecule has 0 aliphatic carbocycles. The van der Waals surface area contributed by atoms with Gasteiger partial charge in [-0.15, -0.1) is 0 Å². The van der Waals surface area contributed by atoms with Gasteiger partial charge in [0, 0.05) is 58.9 Å². The molecule has 12 nitrogen and oxygen atoms in total. The highest BCUT2D eigenvalue weighted by atomic mass is 16.4. The summed E-state index contributed by atoms with van der Waals surface area (Å²) >= 11 is 0. The van der Waals surface area contributed by atoms with Gasteiger partial charge in [0.05, 0.1) is 26.2 Å². The molecular formula is C25H47N5O7. The molecule has 0 bridgehead atoms. The molecule has 0 saturated carbocycles. The van der Waals surface area contributed by atoms with Crippen molar-refractivity contribution < 1.29 is 34.5 Å². The van der Waals surface area contributed by atoms with Crippen molar-refractivity contribution in [1.29, 1.82) is 0 Å². The average Bonchev–Trinajstić information content (AvgIpc) is 2.79. The molecule has 1 rings (SSSR count). The highest BCUT2D eigenvalue weighted by molar-refractivity contribution is 5.78. The summed E-state index contributed by atoms with van der Waals surface area (Å²) in [7, 11) is 0. The van der Waals surface area contributed by atoms with E-state index in [-0.39, 0.29) is 32.1 Å². The second-order valence-corrected chi connectivity index (χ2v) is 10.2. The third-order valence-corrected chi connectivity index (χ3v) is 6.40. The van der Waals surface area contributed by atoms with Crippen LogP contribution in [-0.4, -0.2) is 144 Å². The first kappa shape index (κ1) is 32.7. The first-order valence-electron chi connectivity index (χ1n) is 13.4. The number of carbonyl (C=O) groups excluding carboxylic acids is 1. The van der Waals surface area contributed by atoms with Crippen molar-refractivity contribution in [2.75, 3.05) is 85.1 Å². The van der Waals surface area contributed by atoms with Crippen molar-refractivity contribution >= 4 is 23.8 Å². The lowest BCUT2D eigenvalue weighted by Gasteiger charge is -2.32. The molecule has 1 fully saturated rings. The summed E-state index contributed by atoms with van der Waals surface area (Å²) in [5.74, 6) is -2.32. The summed E-state index contributed by atoms with van der Waals surface area (Å²) in [6.07, 6.45) is 5.58. The summed E-state index contributed by atoms with van der Waals surface area (Å²) in [5.41, 5.74) is 0. The third-order valence-electron chi connectivity index (χ3n) is 6.40. The molecule has 1 heterocycles. The molecular weight excluding hydrogens is 482 g/mol. The van der Waals surface area contributed by atoms with E-state index in [1.165, 1.54) is 12.8 Å². The van der Waals surface area contributed by atoms with Crippen LogP contribution < -0.4 is 5.32 Å². The van der Waals surface area contributed by atoms with Crippen LogP contribution in [0.4, 0.5) is 0 Å². The van der Waals surface area contributed by atoms with E-state index in [0.29, 0.717) is 64.8 Å². The van der Waals surface area contributed by atoms with Crippen LogP contribution in [0.3, 0.4) is 0 Å². The molecule has 37 heavy (non-hydrogen) atoms. The maximum absolute atomic E-state index is 12.6. The Kier molecular flexibility index (Phi) is 16.7. The number of carbonyl (C=O) groups is 4. The third kappa shape index (κ3) is 17.7. The number of rotatable bonds is 15. The second-order valence-electron chi connectivity index (χ2n) is 10.2. The van der Waals surface area contributed by atoms with Gasteiger partial charge in [-0.3, -0.25) is 38.8 Å². The number of carboxylic acids is 3. The first-order valence-corrected chi connectivity index (χ1v) is 13.4. The van der Waals surface area contributed by atoms with Gasteiger partial charge in [0.15, 0.2) is 0 Å². The monoisotopic (exact) mass is 529 g/mol. The molecule has 0 spiro atoms. The van der Waals surface area contributed by atoms with Crippen molar-refractivity contribution in [2.24, 2.45) is 5.92 Å². The largest absolute Gasteiger partial charge is 0.480 e. The van der Waals surface area contributed by atoms with Crippen LogP contribution in [0.15, 0.2) is 0 Å². The van der Waals surface area contributed by atoms with Gasteiger partial charge in [0.25, 0.3) is 0 Å². The van der Waals surface area contributed by atoms with Crippen molar-refractivity contribution in [3.05, 3.63) is 0 Å². The number of nitrogens with zero attached hydrogens (tertiary/aromatic N) is 4. The molecule has 1 saturated heterocycles. The zero-order valence-electron chi connectivity index (χ0n) is 22.6. The van der Waals surface area contributed by atoms with Crippen LogP contribution >= 0.6 is 0 Å². The Hall–Kier alpha value is -2.28. The zero-order chi connectivity index (χ0) is 27.6. The zero-order valence-corrected chi connectivity index (χ0v) is 22.6. The van der Waals surface area contributed by atoms with Crippen LogP contribution in [0.2, 0.25) is 0 Å². The van der Waals surface area contributed by atoms with Gasteiger partial charge in [-0.1, -0.05) is 39.5 Å². The first-order chi connectivity index (χ1) is 17.5. The van der Waals surface area contributed by atoms with E-state index in [1.54, 1.807) is 14.7 Å². The number of carboxylic acid groups (broad SMARTS) is 3. The van der Waals surface area contributed by atoms with Crippen molar-refractivity contribution in [1.82, 2.24) is 24.9 Å². The maximum atomic E-state index is 12.6. The number of amides is 1. The molecule has 0 unspecified atom stereocenters. The number of unbranched alkanes of at least 4 members (excludes halogenated alkanes) is 3. The van der Waals surface area contributed by atoms with E-state index in [0.717, 1.165) is 19.3 Å². The summed E-state index contributed by atoms with van der Waals surface area (Å²) < 4.78 is 0. The summed E-state index contributed by atoms with van der Waals surface area (Å²) in [4.78, 5) is 53.7. The lowest BCUT2D eigenvalue weighted by Crippen LogP contribution is -2.49. The normalized spacial score (nSPS) is 17.7. The van der Waals surface area contributed by atoms with Crippen molar-refractivity contribution in [3.8, 4) is 0 Å². The minimum atomic E-state index is -0.991. The Morgan fingerprint density at radius 1 is 0.595 bits per heavy atom. The van der Waals surface area contributed by atoms with E-state index in [9.17, 15) is 34.5 Å². The fourth-order valence-electron chi connectivity index (χ4n) is 4.30. The van der Waals surface area contributed by atoms with Crippen LogP contribution in [0.25, 0.3) is 0 Å². The molecule has 1 aliphatic heterocycles. The number of nitrogens with one attached hydrogen (secondary N) is 1. The minimum absolute atomic E-state index is 0.100. The van der Waals surface area contributed by atoms with Gasteiger partial charge >= 0.3 is 17.9 Å². The maximum Gasteiger partial charge on any atom is 0.317 e. The smallest absolute Gasteiger partial charge is 0.317 e. The number of hydrogen-bond acceptors (Lipinski definition) is 8. The quantitative estimate of drug-likeness (QED) is 0.215. The Labute approximate surface area is 220 Å². The molecule has 1 amide bonds. The van der Waals surface area contributed by atoms with E-state index in [2.05, 4.69) is 19.2 Å². The molecule has 0 radical (unpaired) electrons. The second kappa shape index (κ2) is 18.9. The lowest BCUT2D eigenvalue weighted by molar-refractivity contribution is -0.140. The lowest BCUT2D eigenvalue weighted by atomic mass is 10.0. The molecule has 4 N–H and O–H groups in total. The fraction of sp³-hybridized carbons (Fsp3) is 0.840. The van der Waals surface area contributed by atoms with Crippen molar-refractivity contribution in [2.45, 2.75) is 46.0 Å². The molecule has 0 aromatic carbocycles. The summed E-state index contributed by atoms with van der Waals surface area (Å²) in [5, 5.41) is 30.8. The molecule has 1 aliphatic rings. The molecule has 12 heteroatoms. The van der Waals surface area contributed by atoms with Crippen LogP contribution in [0.5, 0.6) is 0 Å². The standard InChI is InChI=1S/C25H47N5O7/c1-21(2)7-5-3-4-6-8-26-22(31)17-27-9-11-28(18-23(32)33)13-15-30(20-25(36)37)16-14-29(12-10-27)19-24(34)35/h21H,3-20H2,1-2H3,(H,26,31)(H,32,33)(H,34,35)(H,36,37). The molecule has 0 aromatic rings. The van der Waals surface area contributed by atoms with Crippen molar-refractivity contribution in [3.63, 3.8) is 0 Å². The van der Waals surface area contributed by atoms with Gasteiger partial charge in [-0.05, 0) is 12.3 Å². The Balaban J connectivity index is 2.72. The topological polar surface area (TPSA) is 154 Å². The van der Waals surface area contributed by atoms with E-state index in [4.69, 9.17) is 0 Å². The van der Waals surface area contributed by atoms with E-state index in [1.807, 2.05) is 4.90 Å². The SMILES string of the molecule is CC(C)CCCCCCNC(=O)CN1CCN(CC(=O)O)CCN(CC(=O)O)CCN(CC(=O)O)CC1. The van der Waals surface area contributed by atoms with Crippen LogP contribution in [0.1, 0.15) is 46.0 Å². The Bertz CT molecular complexity index is 675. The van der Waals surface area contributed by atoms with Crippen LogP contribution in [-0.2, 0) is 19.2 Å². The Morgan fingerprint density at radius 2 is 0.946 bits per heavy atom. The highest BCUT2D eigenvalue weighted by Gasteiger charge is 2.21. The van der Waals surface area contributed by atoms with E-state index >= 15 is 0 Å². The predicted octanol–water partition coefficient (Wildman–Crippen LogP) is 0.185. The Morgan fingerprint density at radius 3 is 1.30 bits per heavy atom. The summed E-state index contributed by atoms with van der Waals surface area (Å²) in [6, 6.07) is 0. The van der Waals surface area contributed by atoms with Crippen LogP contribution in [0, 0.1) is 5.92 Å². The molecule has 214 valence electrons. The fourth-order valence-corrected chi connectivity index (χ4v) is 4.30. The predicted molar refractivity (Wildman–Crippen MR) is 140 cm³/mol. The van der Waals surface area contributed by atoms with Gasteiger partial charge in [0.1, 0.15) is 0 Å². The average molecular weight is 530 g/mol. The summed E-state index contributed by atoms with van der Waals surface area (Å²) in [6.45, 7) is 7.72.